The molecule has 0 aliphatic carbocycles. The molecule has 0 saturated heterocycles. The molecule has 100 valence electrons. The molecule has 1 aliphatic rings. The van der Waals surface area contributed by atoms with Crippen molar-refractivity contribution in [2.24, 2.45) is 0 Å². The Morgan fingerprint density at radius 2 is 2.16 bits per heavy atom. The van der Waals surface area contributed by atoms with Gasteiger partial charge in [-0.05, 0) is 32.4 Å². The molecule has 0 amide bonds. The third kappa shape index (κ3) is 2.35. The molecule has 1 N–H and O–H groups in total. The summed E-state index contributed by atoms with van der Waals surface area (Å²) in [5.74, 6) is 1.10. The summed E-state index contributed by atoms with van der Waals surface area (Å²) in [6, 6.07) is 8.33. The van der Waals surface area contributed by atoms with E-state index < -0.39 is 0 Å². The zero-order chi connectivity index (χ0) is 13.2. The third-order valence-electron chi connectivity index (χ3n) is 3.66. The van der Waals surface area contributed by atoms with Crippen LogP contribution in [0.2, 0.25) is 0 Å². The average molecular weight is 320 g/mol. The van der Waals surface area contributed by atoms with Crippen LogP contribution < -0.4 is 5.32 Å². The van der Waals surface area contributed by atoms with Gasteiger partial charge < -0.3 is 9.88 Å². The second kappa shape index (κ2) is 5.47. The first-order valence-corrected chi connectivity index (χ1v) is 7.58. The van der Waals surface area contributed by atoms with Crippen LogP contribution in [0.25, 0.3) is 11.4 Å². The third-order valence-corrected chi connectivity index (χ3v) is 4.35. The molecule has 4 heteroatoms. The van der Waals surface area contributed by atoms with Crippen molar-refractivity contribution in [3.63, 3.8) is 0 Å². The lowest BCUT2D eigenvalue weighted by Crippen LogP contribution is -2.14. The first kappa shape index (κ1) is 12.9. The number of hydrogen-bond donors (Lipinski definition) is 1. The minimum Gasteiger partial charge on any atom is -0.328 e. The lowest BCUT2D eigenvalue weighted by molar-refractivity contribution is 0.531. The highest BCUT2D eigenvalue weighted by molar-refractivity contribution is 9.10. The van der Waals surface area contributed by atoms with E-state index in [1.807, 2.05) is 13.1 Å². The number of imidazole rings is 1. The standard InChI is InChI=1S/C15H18BrN3/c1-17-10-13-14-8-4-5-9-19(14)15(18-13)11-6-2-3-7-12(11)16/h2-3,6-7,17H,4-5,8-10H2,1H3. The summed E-state index contributed by atoms with van der Waals surface area (Å²) in [6.45, 7) is 1.93. The molecule has 3 nitrogen and oxygen atoms in total. The largest absolute Gasteiger partial charge is 0.328 e. The number of nitrogens with one attached hydrogen (secondary N) is 1. The zero-order valence-corrected chi connectivity index (χ0v) is 12.7. The van der Waals surface area contributed by atoms with Crippen LogP contribution in [0.1, 0.15) is 24.2 Å². The van der Waals surface area contributed by atoms with Gasteiger partial charge in [-0.1, -0.05) is 34.1 Å². The molecule has 19 heavy (non-hydrogen) atoms. The van der Waals surface area contributed by atoms with Crippen molar-refractivity contribution < 1.29 is 0 Å². The second-order valence-corrected chi connectivity index (χ2v) is 5.80. The van der Waals surface area contributed by atoms with Crippen LogP contribution >= 0.6 is 15.9 Å². The van der Waals surface area contributed by atoms with Crippen molar-refractivity contribution in [3.05, 3.63) is 40.1 Å². The van der Waals surface area contributed by atoms with Crippen molar-refractivity contribution in [2.45, 2.75) is 32.4 Å². The van der Waals surface area contributed by atoms with Gasteiger partial charge in [-0.15, -0.1) is 0 Å². The number of benzene rings is 1. The minimum atomic E-state index is 0.847. The highest BCUT2D eigenvalue weighted by Gasteiger charge is 2.21. The summed E-state index contributed by atoms with van der Waals surface area (Å²) in [6.07, 6.45) is 3.67. The first-order chi connectivity index (χ1) is 9.31. The highest BCUT2D eigenvalue weighted by atomic mass is 79.9. The van der Waals surface area contributed by atoms with Gasteiger partial charge in [0.2, 0.25) is 0 Å². The lowest BCUT2D eigenvalue weighted by atomic mass is 10.1. The second-order valence-electron chi connectivity index (χ2n) is 4.95. The van der Waals surface area contributed by atoms with E-state index in [4.69, 9.17) is 4.98 Å². The quantitative estimate of drug-likeness (QED) is 0.940. The molecule has 0 bridgehead atoms. The van der Waals surface area contributed by atoms with Gasteiger partial charge in [0.1, 0.15) is 5.82 Å². The molecule has 0 unspecified atom stereocenters. The molecule has 1 aromatic heterocycles. The highest BCUT2D eigenvalue weighted by Crippen LogP contribution is 2.31. The number of fused-ring (bicyclic) bond motifs is 1. The van der Waals surface area contributed by atoms with Crippen LogP contribution in [0, 0.1) is 0 Å². The Morgan fingerprint density at radius 3 is 2.95 bits per heavy atom. The lowest BCUT2D eigenvalue weighted by Gasteiger charge is -2.17. The maximum absolute atomic E-state index is 4.88. The van der Waals surface area contributed by atoms with Gasteiger partial charge in [0.25, 0.3) is 0 Å². The van der Waals surface area contributed by atoms with Crippen LogP contribution in [-0.2, 0) is 19.5 Å². The molecule has 0 saturated carbocycles. The summed E-state index contributed by atoms with van der Waals surface area (Å²) < 4.78 is 3.51. The van der Waals surface area contributed by atoms with Gasteiger partial charge in [-0.2, -0.15) is 0 Å². The van der Waals surface area contributed by atoms with E-state index in [0.29, 0.717) is 0 Å². The Bertz CT molecular complexity index is 589. The van der Waals surface area contributed by atoms with Gasteiger partial charge in [-0.3, -0.25) is 0 Å². The van der Waals surface area contributed by atoms with Crippen molar-refractivity contribution in [1.82, 2.24) is 14.9 Å². The van der Waals surface area contributed by atoms with Crippen molar-refractivity contribution in [1.29, 1.82) is 0 Å². The number of aromatic nitrogens is 2. The predicted octanol–water partition coefficient (Wildman–Crippen LogP) is 3.37. The summed E-state index contributed by atoms with van der Waals surface area (Å²) in [5.41, 5.74) is 3.80. The molecule has 0 radical (unpaired) electrons. The summed E-state index contributed by atoms with van der Waals surface area (Å²) >= 11 is 3.64. The molecule has 0 spiro atoms. The normalized spacial score (nSPS) is 14.4. The fourth-order valence-electron chi connectivity index (χ4n) is 2.78. The molecule has 0 atom stereocenters. The Morgan fingerprint density at radius 1 is 1.32 bits per heavy atom. The maximum atomic E-state index is 4.88. The van der Waals surface area contributed by atoms with E-state index in [2.05, 4.69) is 44.0 Å². The average Bonchev–Trinajstić information content (AvgIpc) is 2.79. The minimum absolute atomic E-state index is 0.847. The van der Waals surface area contributed by atoms with Gasteiger partial charge in [0.05, 0.1) is 5.69 Å². The van der Waals surface area contributed by atoms with Crippen LogP contribution in [0.4, 0.5) is 0 Å². The van der Waals surface area contributed by atoms with Crippen LogP contribution in [-0.4, -0.2) is 16.6 Å². The Kier molecular flexibility index (Phi) is 3.71. The molecular weight excluding hydrogens is 302 g/mol. The monoisotopic (exact) mass is 319 g/mol. The van der Waals surface area contributed by atoms with Crippen molar-refractivity contribution in [3.8, 4) is 11.4 Å². The zero-order valence-electron chi connectivity index (χ0n) is 11.1. The number of rotatable bonds is 3. The smallest absolute Gasteiger partial charge is 0.141 e. The Balaban J connectivity index is 2.13. The van der Waals surface area contributed by atoms with E-state index in [9.17, 15) is 0 Å². The SMILES string of the molecule is CNCc1nc(-c2ccccc2Br)n2c1CCCC2. The fraction of sp³-hybridized carbons (Fsp3) is 0.400. The van der Waals surface area contributed by atoms with E-state index in [0.717, 1.165) is 29.8 Å². The molecule has 3 rings (SSSR count). The van der Waals surface area contributed by atoms with Gasteiger partial charge in [0, 0.05) is 28.8 Å². The van der Waals surface area contributed by atoms with Crippen LogP contribution in [0.5, 0.6) is 0 Å². The summed E-state index contributed by atoms with van der Waals surface area (Å²) in [4.78, 5) is 4.88. The molecule has 1 aliphatic heterocycles. The van der Waals surface area contributed by atoms with Crippen LogP contribution in [0.15, 0.2) is 28.7 Å². The Labute approximate surface area is 122 Å². The van der Waals surface area contributed by atoms with Crippen LogP contribution in [0.3, 0.4) is 0 Å². The van der Waals surface area contributed by atoms with Gasteiger partial charge in [-0.25, -0.2) is 4.98 Å². The number of halogens is 1. The molecular formula is C15H18BrN3. The summed E-state index contributed by atoms with van der Waals surface area (Å²) in [7, 11) is 1.98. The number of nitrogens with zero attached hydrogens (tertiary/aromatic N) is 2. The molecule has 2 aromatic rings. The topological polar surface area (TPSA) is 29.9 Å². The Hall–Kier alpha value is -1.13. The van der Waals surface area contributed by atoms with E-state index in [1.165, 1.54) is 29.8 Å². The molecule has 2 heterocycles. The predicted molar refractivity (Wildman–Crippen MR) is 81.1 cm³/mol. The summed E-state index contributed by atoms with van der Waals surface area (Å²) in [5, 5.41) is 3.23. The molecule has 1 aromatic carbocycles. The maximum Gasteiger partial charge on any atom is 0.141 e. The van der Waals surface area contributed by atoms with Gasteiger partial charge in [0.15, 0.2) is 0 Å². The van der Waals surface area contributed by atoms with E-state index in [-0.39, 0.29) is 0 Å². The first-order valence-electron chi connectivity index (χ1n) is 6.79. The fourth-order valence-corrected chi connectivity index (χ4v) is 3.24. The number of hydrogen-bond acceptors (Lipinski definition) is 2. The van der Waals surface area contributed by atoms with E-state index >= 15 is 0 Å². The van der Waals surface area contributed by atoms with Gasteiger partial charge >= 0.3 is 0 Å². The molecule has 0 fully saturated rings. The van der Waals surface area contributed by atoms with Crippen molar-refractivity contribution in [2.75, 3.05) is 7.05 Å². The van der Waals surface area contributed by atoms with Crippen molar-refractivity contribution >= 4 is 15.9 Å². The van der Waals surface area contributed by atoms with E-state index in [1.54, 1.807) is 0 Å².